The number of rotatable bonds is 3. The molecule has 2 aromatic rings. The third-order valence-electron chi connectivity index (χ3n) is 2.26. The number of nitrogens with one attached hydrogen (secondary N) is 1. The number of hydrogen-bond donors (Lipinski definition) is 1. The highest BCUT2D eigenvalue weighted by Crippen LogP contribution is 2.26. The van der Waals surface area contributed by atoms with Gasteiger partial charge in [0.25, 0.3) is 0 Å². The van der Waals surface area contributed by atoms with Crippen LogP contribution in [0.4, 0.5) is 4.39 Å². The third-order valence-corrected chi connectivity index (χ3v) is 3.26. The summed E-state index contributed by atoms with van der Waals surface area (Å²) in [4.78, 5) is 0. The SMILES string of the molecule is CNCCc1csc2cc(F)ccc12. The molecule has 0 amide bonds. The van der Waals surface area contributed by atoms with Gasteiger partial charge in [-0.15, -0.1) is 11.3 Å². The number of thiophene rings is 1. The molecule has 0 aliphatic heterocycles. The van der Waals surface area contributed by atoms with E-state index in [-0.39, 0.29) is 5.82 Å². The average molecular weight is 209 g/mol. The normalized spacial score (nSPS) is 11.0. The third kappa shape index (κ3) is 1.79. The Labute approximate surface area is 86.6 Å². The highest BCUT2D eigenvalue weighted by molar-refractivity contribution is 7.17. The first-order valence-corrected chi connectivity index (χ1v) is 5.49. The van der Waals surface area contributed by atoms with E-state index in [9.17, 15) is 4.39 Å². The Morgan fingerprint density at radius 1 is 1.43 bits per heavy atom. The zero-order valence-corrected chi connectivity index (χ0v) is 8.83. The molecule has 0 aliphatic carbocycles. The van der Waals surface area contributed by atoms with E-state index in [1.165, 1.54) is 17.0 Å². The second-order valence-corrected chi connectivity index (χ2v) is 4.17. The Balaban J connectivity index is 2.37. The Morgan fingerprint density at radius 2 is 2.29 bits per heavy atom. The minimum absolute atomic E-state index is 0.153. The van der Waals surface area contributed by atoms with Crippen LogP contribution in [0.15, 0.2) is 23.6 Å². The van der Waals surface area contributed by atoms with Crippen molar-refractivity contribution in [2.24, 2.45) is 0 Å². The molecule has 0 aliphatic rings. The predicted molar refractivity (Wildman–Crippen MR) is 59.4 cm³/mol. The average Bonchev–Trinajstić information content (AvgIpc) is 2.57. The molecule has 0 spiro atoms. The number of likely N-dealkylation sites (N-methyl/N-ethyl adjacent to an activating group) is 1. The van der Waals surface area contributed by atoms with Crippen molar-refractivity contribution < 1.29 is 4.39 Å². The van der Waals surface area contributed by atoms with E-state index in [2.05, 4.69) is 10.7 Å². The number of hydrogen-bond acceptors (Lipinski definition) is 2. The number of fused-ring (bicyclic) bond motifs is 1. The summed E-state index contributed by atoms with van der Waals surface area (Å²) in [5.74, 6) is -0.153. The molecule has 0 saturated carbocycles. The molecule has 0 bridgehead atoms. The van der Waals surface area contributed by atoms with Gasteiger partial charge in [0.05, 0.1) is 0 Å². The second kappa shape index (κ2) is 4.07. The van der Waals surface area contributed by atoms with Gasteiger partial charge in [0, 0.05) is 4.70 Å². The van der Waals surface area contributed by atoms with E-state index in [1.807, 2.05) is 13.1 Å². The predicted octanol–water partition coefficient (Wildman–Crippen LogP) is 2.80. The minimum Gasteiger partial charge on any atom is -0.319 e. The van der Waals surface area contributed by atoms with Crippen LogP contribution in [0.5, 0.6) is 0 Å². The lowest BCUT2D eigenvalue weighted by Gasteiger charge is -1.98. The molecule has 2 rings (SSSR count). The first-order chi connectivity index (χ1) is 6.81. The summed E-state index contributed by atoms with van der Waals surface area (Å²) in [5.41, 5.74) is 1.30. The quantitative estimate of drug-likeness (QED) is 0.819. The van der Waals surface area contributed by atoms with Gasteiger partial charge in [-0.3, -0.25) is 0 Å². The summed E-state index contributed by atoms with van der Waals surface area (Å²) < 4.78 is 13.9. The van der Waals surface area contributed by atoms with Crippen molar-refractivity contribution >= 4 is 21.4 Å². The fourth-order valence-electron chi connectivity index (χ4n) is 1.51. The van der Waals surface area contributed by atoms with Crippen LogP contribution >= 0.6 is 11.3 Å². The van der Waals surface area contributed by atoms with Crippen molar-refractivity contribution in [1.82, 2.24) is 5.32 Å². The van der Waals surface area contributed by atoms with Crippen molar-refractivity contribution in [1.29, 1.82) is 0 Å². The van der Waals surface area contributed by atoms with E-state index in [4.69, 9.17) is 0 Å². The lowest BCUT2D eigenvalue weighted by molar-refractivity contribution is 0.630. The lowest BCUT2D eigenvalue weighted by Crippen LogP contribution is -2.09. The van der Waals surface area contributed by atoms with Crippen LogP contribution in [0.3, 0.4) is 0 Å². The highest BCUT2D eigenvalue weighted by atomic mass is 32.1. The van der Waals surface area contributed by atoms with Gasteiger partial charge in [-0.25, -0.2) is 4.39 Å². The van der Waals surface area contributed by atoms with Gasteiger partial charge >= 0.3 is 0 Å². The van der Waals surface area contributed by atoms with Crippen molar-refractivity contribution in [2.45, 2.75) is 6.42 Å². The first-order valence-electron chi connectivity index (χ1n) is 4.61. The molecule has 1 aromatic heterocycles. The molecule has 1 N–H and O–H groups in total. The van der Waals surface area contributed by atoms with Gasteiger partial charge in [-0.2, -0.15) is 0 Å². The topological polar surface area (TPSA) is 12.0 Å². The van der Waals surface area contributed by atoms with E-state index < -0.39 is 0 Å². The van der Waals surface area contributed by atoms with Crippen LogP contribution < -0.4 is 5.32 Å². The maximum atomic E-state index is 12.9. The minimum atomic E-state index is -0.153. The summed E-state index contributed by atoms with van der Waals surface area (Å²) >= 11 is 1.61. The summed E-state index contributed by atoms with van der Waals surface area (Å²) in [6, 6.07) is 4.99. The van der Waals surface area contributed by atoms with Gasteiger partial charge in [0.2, 0.25) is 0 Å². The molecule has 1 nitrogen and oxygen atoms in total. The van der Waals surface area contributed by atoms with Crippen molar-refractivity contribution in [2.75, 3.05) is 13.6 Å². The van der Waals surface area contributed by atoms with Gasteiger partial charge in [-0.1, -0.05) is 6.07 Å². The summed E-state index contributed by atoms with van der Waals surface area (Å²) in [5, 5.41) is 6.41. The zero-order chi connectivity index (χ0) is 9.97. The molecule has 1 aromatic carbocycles. The van der Waals surface area contributed by atoms with Crippen LogP contribution in [0.2, 0.25) is 0 Å². The Bertz CT molecular complexity index is 436. The second-order valence-electron chi connectivity index (χ2n) is 3.25. The number of halogens is 1. The molecule has 0 unspecified atom stereocenters. The smallest absolute Gasteiger partial charge is 0.124 e. The lowest BCUT2D eigenvalue weighted by atomic mass is 10.1. The van der Waals surface area contributed by atoms with Crippen LogP contribution in [-0.4, -0.2) is 13.6 Å². The van der Waals surface area contributed by atoms with Crippen LogP contribution in [-0.2, 0) is 6.42 Å². The maximum Gasteiger partial charge on any atom is 0.124 e. The van der Waals surface area contributed by atoms with Gasteiger partial charge in [-0.05, 0) is 48.5 Å². The molecule has 14 heavy (non-hydrogen) atoms. The molecular weight excluding hydrogens is 197 g/mol. The van der Waals surface area contributed by atoms with Crippen LogP contribution in [0, 0.1) is 5.82 Å². The Hall–Kier alpha value is -0.930. The molecule has 1 heterocycles. The first kappa shape index (κ1) is 9.62. The Morgan fingerprint density at radius 3 is 3.07 bits per heavy atom. The summed E-state index contributed by atoms with van der Waals surface area (Å²) in [6.07, 6.45) is 1.00. The maximum absolute atomic E-state index is 12.9. The van der Waals surface area contributed by atoms with Crippen LogP contribution in [0.1, 0.15) is 5.56 Å². The Kier molecular flexibility index (Phi) is 2.79. The summed E-state index contributed by atoms with van der Waals surface area (Å²) in [6.45, 7) is 0.962. The summed E-state index contributed by atoms with van der Waals surface area (Å²) in [7, 11) is 1.94. The fourth-order valence-corrected chi connectivity index (χ4v) is 2.53. The van der Waals surface area contributed by atoms with Crippen molar-refractivity contribution in [3.63, 3.8) is 0 Å². The molecule has 0 fully saturated rings. The van der Waals surface area contributed by atoms with E-state index in [0.29, 0.717) is 0 Å². The van der Waals surface area contributed by atoms with Gasteiger partial charge in [0.15, 0.2) is 0 Å². The van der Waals surface area contributed by atoms with Crippen molar-refractivity contribution in [3.05, 3.63) is 35.0 Å². The highest BCUT2D eigenvalue weighted by Gasteiger charge is 2.03. The van der Waals surface area contributed by atoms with Crippen molar-refractivity contribution in [3.8, 4) is 0 Å². The number of benzene rings is 1. The monoisotopic (exact) mass is 209 g/mol. The van der Waals surface area contributed by atoms with E-state index in [0.717, 1.165) is 17.7 Å². The molecular formula is C11H12FNS. The molecule has 0 saturated heterocycles. The molecule has 3 heteroatoms. The largest absolute Gasteiger partial charge is 0.319 e. The standard InChI is InChI=1S/C11H12FNS/c1-13-5-4-8-7-14-11-6-9(12)2-3-10(8)11/h2-3,6-7,13H,4-5H2,1H3. The molecule has 0 atom stereocenters. The van der Waals surface area contributed by atoms with Crippen LogP contribution in [0.25, 0.3) is 10.1 Å². The van der Waals surface area contributed by atoms with E-state index in [1.54, 1.807) is 17.4 Å². The van der Waals surface area contributed by atoms with E-state index >= 15 is 0 Å². The van der Waals surface area contributed by atoms with Gasteiger partial charge < -0.3 is 5.32 Å². The van der Waals surface area contributed by atoms with Gasteiger partial charge in [0.1, 0.15) is 5.82 Å². The zero-order valence-electron chi connectivity index (χ0n) is 8.01. The molecule has 74 valence electrons. The molecule has 0 radical (unpaired) electrons. The fraction of sp³-hybridized carbons (Fsp3) is 0.273.